The minimum Gasteiger partial charge on any atom is -0.253 e. The van der Waals surface area contributed by atoms with Crippen LogP contribution in [0.5, 0.6) is 0 Å². The maximum Gasteiger partial charge on any atom is 0.0706 e. The molecule has 2 rings (SSSR count). The fourth-order valence-electron chi connectivity index (χ4n) is 2.41. The second-order valence-electron chi connectivity index (χ2n) is 5.93. The van der Waals surface area contributed by atoms with Crippen molar-refractivity contribution in [1.82, 2.24) is 4.98 Å². The Hall–Kier alpha value is -1.34. The van der Waals surface area contributed by atoms with Crippen LogP contribution in [0.2, 0.25) is 5.02 Å². The lowest BCUT2D eigenvalue weighted by Crippen LogP contribution is -2.03. The van der Waals surface area contributed by atoms with Crippen molar-refractivity contribution >= 4 is 22.5 Å². The summed E-state index contributed by atoms with van der Waals surface area (Å²) in [7, 11) is 0. The Bertz CT molecular complexity index is 639. The molecule has 1 aromatic heterocycles. The first-order valence-corrected chi connectivity index (χ1v) is 7.51. The van der Waals surface area contributed by atoms with E-state index in [0.29, 0.717) is 5.92 Å². The van der Waals surface area contributed by atoms with Crippen LogP contribution in [-0.4, -0.2) is 4.98 Å². The average molecular weight is 288 g/mol. The molecule has 0 aliphatic rings. The lowest BCUT2D eigenvalue weighted by molar-refractivity contribution is 0.564. The van der Waals surface area contributed by atoms with Gasteiger partial charge in [-0.25, -0.2) is 0 Å². The van der Waals surface area contributed by atoms with Crippen LogP contribution in [0.3, 0.4) is 0 Å². The lowest BCUT2D eigenvalue weighted by Gasteiger charge is -2.13. The summed E-state index contributed by atoms with van der Waals surface area (Å²) in [5, 5.41) is 1.87. The molecule has 2 heteroatoms. The molecule has 1 atom stereocenters. The van der Waals surface area contributed by atoms with Crippen LogP contribution in [0.1, 0.15) is 39.8 Å². The monoisotopic (exact) mass is 287 g/mol. The molecule has 0 saturated carbocycles. The van der Waals surface area contributed by atoms with E-state index in [1.165, 1.54) is 11.1 Å². The van der Waals surface area contributed by atoms with Crippen molar-refractivity contribution in [3.05, 3.63) is 52.2 Å². The third kappa shape index (κ3) is 3.83. The third-order valence-electron chi connectivity index (χ3n) is 3.77. The van der Waals surface area contributed by atoms with E-state index in [4.69, 9.17) is 16.6 Å². The molecule has 0 N–H and O–H groups in total. The summed E-state index contributed by atoms with van der Waals surface area (Å²) in [4.78, 5) is 4.73. The van der Waals surface area contributed by atoms with Crippen molar-refractivity contribution in [3.8, 4) is 0 Å². The smallest absolute Gasteiger partial charge is 0.0706 e. The molecule has 0 spiro atoms. The van der Waals surface area contributed by atoms with E-state index in [1.54, 1.807) is 0 Å². The Morgan fingerprint density at radius 3 is 2.60 bits per heavy atom. The van der Waals surface area contributed by atoms with Gasteiger partial charge in [0.15, 0.2) is 0 Å². The molecule has 1 unspecified atom stereocenters. The van der Waals surface area contributed by atoms with Gasteiger partial charge >= 0.3 is 0 Å². The Labute approximate surface area is 126 Å². The van der Waals surface area contributed by atoms with Gasteiger partial charge in [-0.1, -0.05) is 35.7 Å². The fraction of sp³-hybridized carbons (Fsp3) is 0.389. The topological polar surface area (TPSA) is 12.9 Å². The summed E-state index contributed by atoms with van der Waals surface area (Å²) in [5.74, 6) is 0.613. The predicted molar refractivity (Wildman–Crippen MR) is 88.3 cm³/mol. The number of halogens is 1. The van der Waals surface area contributed by atoms with Gasteiger partial charge in [-0.2, -0.15) is 0 Å². The zero-order valence-electron chi connectivity index (χ0n) is 12.7. The molecular weight excluding hydrogens is 266 g/mol. The molecule has 0 bridgehead atoms. The highest BCUT2D eigenvalue weighted by Crippen LogP contribution is 2.21. The second-order valence-corrected chi connectivity index (χ2v) is 6.37. The number of nitrogens with zero attached hydrogens (tertiary/aromatic N) is 1. The van der Waals surface area contributed by atoms with Gasteiger partial charge in [0.05, 0.1) is 5.52 Å². The summed E-state index contributed by atoms with van der Waals surface area (Å²) < 4.78 is 0. The van der Waals surface area contributed by atoms with Gasteiger partial charge in [-0.3, -0.25) is 4.98 Å². The fourth-order valence-corrected chi connectivity index (χ4v) is 2.59. The Kier molecular flexibility index (Phi) is 4.82. The number of hydrogen-bond donors (Lipinski definition) is 0. The molecule has 1 heterocycles. The number of rotatable bonds is 4. The molecule has 0 radical (unpaired) electrons. The molecule has 2 aromatic rings. The Morgan fingerprint density at radius 2 is 1.90 bits per heavy atom. The largest absolute Gasteiger partial charge is 0.253 e. The Morgan fingerprint density at radius 1 is 1.15 bits per heavy atom. The summed E-state index contributed by atoms with van der Waals surface area (Å²) in [6.45, 7) is 8.88. The number of pyridine rings is 1. The predicted octanol–water partition coefficient (Wildman–Crippen LogP) is 5.81. The van der Waals surface area contributed by atoms with Gasteiger partial charge in [0, 0.05) is 16.1 Å². The average Bonchev–Trinajstić information content (AvgIpc) is 2.38. The van der Waals surface area contributed by atoms with Crippen LogP contribution in [0.4, 0.5) is 0 Å². The Balaban J connectivity index is 2.14. The standard InChI is InChI=1S/C18H22ClN/c1-12(2)14(4)9-13(3)10-17-7-5-15-11-16(19)6-8-18(15)20-17/h5-8,11,13H,9-10H2,1-4H3. The van der Waals surface area contributed by atoms with Gasteiger partial charge in [-0.15, -0.1) is 0 Å². The highest BCUT2D eigenvalue weighted by Gasteiger charge is 2.07. The molecule has 1 nitrogen and oxygen atoms in total. The molecule has 0 aliphatic heterocycles. The molecule has 0 aliphatic carbocycles. The van der Waals surface area contributed by atoms with Crippen molar-refractivity contribution in [2.24, 2.45) is 5.92 Å². The van der Waals surface area contributed by atoms with E-state index in [-0.39, 0.29) is 0 Å². The van der Waals surface area contributed by atoms with Crippen molar-refractivity contribution < 1.29 is 0 Å². The maximum atomic E-state index is 6.00. The van der Waals surface area contributed by atoms with Crippen molar-refractivity contribution in [1.29, 1.82) is 0 Å². The number of hydrogen-bond acceptors (Lipinski definition) is 1. The van der Waals surface area contributed by atoms with Crippen molar-refractivity contribution in [2.75, 3.05) is 0 Å². The maximum absolute atomic E-state index is 6.00. The minimum absolute atomic E-state index is 0.613. The first kappa shape index (κ1) is 15.1. The number of allylic oxidation sites excluding steroid dienone is 2. The van der Waals surface area contributed by atoms with E-state index in [9.17, 15) is 0 Å². The second kappa shape index (κ2) is 6.41. The minimum atomic E-state index is 0.613. The number of fused-ring (bicyclic) bond motifs is 1. The van der Waals surface area contributed by atoms with Gasteiger partial charge in [0.2, 0.25) is 0 Å². The van der Waals surface area contributed by atoms with Gasteiger partial charge < -0.3 is 0 Å². The first-order valence-electron chi connectivity index (χ1n) is 7.14. The highest BCUT2D eigenvalue weighted by atomic mass is 35.5. The van der Waals surface area contributed by atoms with Gasteiger partial charge in [0.25, 0.3) is 0 Å². The van der Waals surface area contributed by atoms with E-state index >= 15 is 0 Å². The van der Waals surface area contributed by atoms with Crippen LogP contribution in [-0.2, 0) is 6.42 Å². The van der Waals surface area contributed by atoms with Crippen LogP contribution >= 0.6 is 11.6 Å². The molecule has 0 saturated heterocycles. The van der Waals surface area contributed by atoms with Gasteiger partial charge in [-0.05, 0) is 63.8 Å². The number of benzene rings is 1. The summed E-state index contributed by atoms with van der Waals surface area (Å²) in [6.07, 6.45) is 2.16. The van der Waals surface area contributed by atoms with Crippen molar-refractivity contribution in [2.45, 2.75) is 40.5 Å². The highest BCUT2D eigenvalue weighted by molar-refractivity contribution is 6.31. The molecule has 106 valence electrons. The van der Waals surface area contributed by atoms with Crippen LogP contribution in [0.15, 0.2) is 41.5 Å². The summed E-state index contributed by atoms with van der Waals surface area (Å²) >= 11 is 6.00. The van der Waals surface area contributed by atoms with Crippen LogP contribution < -0.4 is 0 Å². The first-order chi connectivity index (χ1) is 9.45. The van der Waals surface area contributed by atoms with E-state index < -0.39 is 0 Å². The normalized spacial score (nSPS) is 12.4. The molecule has 0 fully saturated rings. The molecule has 0 amide bonds. The van der Waals surface area contributed by atoms with Crippen molar-refractivity contribution in [3.63, 3.8) is 0 Å². The summed E-state index contributed by atoms with van der Waals surface area (Å²) in [6, 6.07) is 10.1. The van der Waals surface area contributed by atoms with Gasteiger partial charge in [0.1, 0.15) is 0 Å². The zero-order valence-corrected chi connectivity index (χ0v) is 13.5. The molecule has 20 heavy (non-hydrogen) atoms. The SMILES string of the molecule is CC(C)=C(C)CC(C)Cc1ccc2cc(Cl)ccc2n1. The van der Waals surface area contributed by atoms with Crippen LogP contribution in [0.25, 0.3) is 10.9 Å². The zero-order chi connectivity index (χ0) is 14.7. The lowest BCUT2D eigenvalue weighted by atomic mass is 9.95. The van der Waals surface area contributed by atoms with E-state index in [2.05, 4.69) is 39.8 Å². The van der Waals surface area contributed by atoms with E-state index in [1.807, 2.05) is 18.2 Å². The number of aromatic nitrogens is 1. The summed E-state index contributed by atoms with van der Waals surface area (Å²) in [5.41, 5.74) is 5.11. The third-order valence-corrected chi connectivity index (χ3v) is 4.01. The molecular formula is C18H22ClN. The molecule has 1 aromatic carbocycles. The van der Waals surface area contributed by atoms with Crippen LogP contribution in [0, 0.1) is 5.92 Å². The quantitative estimate of drug-likeness (QED) is 0.646. The van der Waals surface area contributed by atoms with E-state index in [0.717, 1.165) is 34.5 Å².